The molecule has 1 aromatic carbocycles. The van der Waals surface area contributed by atoms with Crippen LogP contribution in [0.15, 0.2) is 41.4 Å². The van der Waals surface area contributed by atoms with Crippen LogP contribution in [0.5, 0.6) is 0 Å². The van der Waals surface area contributed by atoms with Crippen molar-refractivity contribution in [1.82, 2.24) is 9.29 Å². The minimum atomic E-state index is -3.61. The fourth-order valence-corrected chi connectivity index (χ4v) is 3.31. The topological polar surface area (TPSA) is 106 Å². The van der Waals surface area contributed by atoms with E-state index in [1.807, 2.05) is 0 Å². The quantitative estimate of drug-likeness (QED) is 0.685. The van der Waals surface area contributed by atoms with Crippen molar-refractivity contribution >= 4 is 50.9 Å². The lowest BCUT2D eigenvalue weighted by molar-refractivity contribution is -0.123. The van der Waals surface area contributed by atoms with Crippen molar-refractivity contribution in [3.63, 3.8) is 0 Å². The summed E-state index contributed by atoms with van der Waals surface area (Å²) in [6.45, 7) is 1.38. The van der Waals surface area contributed by atoms with Gasteiger partial charge < -0.3 is 10.1 Å². The summed E-state index contributed by atoms with van der Waals surface area (Å²) >= 11 is 11.7. The van der Waals surface area contributed by atoms with Crippen molar-refractivity contribution in [2.45, 2.75) is 17.9 Å². The van der Waals surface area contributed by atoms with Gasteiger partial charge in [0.1, 0.15) is 0 Å². The van der Waals surface area contributed by atoms with Crippen LogP contribution in [0.4, 0.5) is 5.82 Å². The summed E-state index contributed by atoms with van der Waals surface area (Å²) in [6.07, 6.45) is 0.162. The number of nitrogens with one attached hydrogen (secondary N) is 1. The maximum atomic E-state index is 12.2. The van der Waals surface area contributed by atoms with E-state index < -0.39 is 28.0 Å². The Morgan fingerprint density at radius 2 is 1.79 bits per heavy atom. The maximum absolute atomic E-state index is 12.2. The minimum absolute atomic E-state index is 0.0308. The Labute approximate surface area is 172 Å². The molecule has 1 aromatic heterocycles. The van der Waals surface area contributed by atoms with E-state index in [1.54, 1.807) is 0 Å². The molecule has 0 fully saturated rings. The third-order valence-electron chi connectivity index (χ3n) is 3.57. The standard InChI is InChI=1S/C17H17Cl2N3O5S/c1-10(16(23)21-15-14(19)8-12(18)9-20-15)27-17(24)11-4-6-13(7-5-11)28(25,26)22(2)3/h4-10H,1-3H3,(H,20,21,23). The molecule has 1 N–H and O–H groups in total. The van der Waals surface area contributed by atoms with Crippen molar-refractivity contribution in [3.8, 4) is 0 Å². The normalized spacial score (nSPS) is 12.5. The second-order valence-corrected chi connectivity index (χ2v) is 8.83. The van der Waals surface area contributed by atoms with Gasteiger partial charge in [-0.2, -0.15) is 0 Å². The number of hydrogen-bond donors (Lipinski definition) is 1. The first-order valence-electron chi connectivity index (χ1n) is 7.88. The Morgan fingerprint density at radius 1 is 1.18 bits per heavy atom. The van der Waals surface area contributed by atoms with Gasteiger partial charge in [-0.25, -0.2) is 22.5 Å². The Kier molecular flexibility index (Phi) is 7.00. The number of sulfonamides is 1. The summed E-state index contributed by atoms with van der Waals surface area (Å²) in [7, 11) is -0.805. The zero-order chi connectivity index (χ0) is 21.1. The predicted octanol–water partition coefficient (Wildman–Crippen LogP) is 2.82. The largest absolute Gasteiger partial charge is 0.449 e. The fourth-order valence-electron chi connectivity index (χ4n) is 1.98. The van der Waals surface area contributed by atoms with Gasteiger partial charge in [-0.1, -0.05) is 23.2 Å². The van der Waals surface area contributed by atoms with Crippen molar-refractivity contribution in [3.05, 3.63) is 52.1 Å². The molecule has 8 nitrogen and oxygen atoms in total. The number of esters is 1. The molecule has 0 aliphatic heterocycles. The molecule has 0 saturated carbocycles. The molecule has 1 atom stereocenters. The molecule has 0 bridgehead atoms. The fraction of sp³-hybridized carbons (Fsp3) is 0.235. The van der Waals surface area contributed by atoms with Gasteiger partial charge in [0.25, 0.3) is 5.91 Å². The van der Waals surface area contributed by atoms with Crippen LogP contribution in [-0.2, 0) is 19.6 Å². The van der Waals surface area contributed by atoms with Crippen LogP contribution in [0.25, 0.3) is 0 Å². The number of halogens is 2. The van der Waals surface area contributed by atoms with Gasteiger partial charge in [-0.05, 0) is 37.3 Å². The van der Waals surface area contributed by atoms with Gasteiger partial charge in [0.2, 0.25) is 10.0 Å². The zero-order valence-corrected chi connectivity index (χ0v) is 17.5. The molecule has 1 heterocycles. The number of rotatable bonds is 6. The average Bonchev–Trinajstić information content (AvgIpc) is 2.63. The molecule has 0 spiro atoms. The smallest absolute Gasteiger partial charge is 0.338 e. The third-order valence-corrected chi connectivity index (χ3v) is 5.90. The molecule has 0 radical (unpaired) electrons. The number of aromatic nitrogens is 1. The van der Waals surface area contributed by atoms with Gasteiger partial charge in [-0.3, -0.25) is 4.79 Å². The van der Waals surface area contributed by atoms with E-state index in [1.165, 1.54) is 57.5 Å². The summed E-state index contributed by atoms with van der Waals surface area (Å²) in [5.41, 5.74) is 0.0972. The third kappa shape index (κ3) is 5.20. The summed E-state index contributed by atoms with van der Waals surface area (Å²) in [6, 6.07) is 6.59. The van der Waals surface area contributed by atoms with Crippen LogP contribution in [0.1, 0.15) is 17.3 Å². The highest BCUT2D eigenvalue weighted by molar-refractivity contribution is 7.89. The van der Waals surface area contributed by atoms with Crippen molar-refractivity contribution in [2.75, 3.05) is 19.4 Å². The molecular weight excluding hydrogens is 429 g/mol. The number of benzene rings is 1. The lowest BCUT2D eigenvalue weighted by Crippen LogP contribution is -2.30. The first-order valence-corrected chi connectivity index (χ1v) is 10.1. The van der Waals surface area contributed by atoms with Gasteiger partial charge in [-0.15, -0.1) is 0 Å². The molecule has 28 heavy (non-hydrogen) atoms. The van der Waals surface area contributed by atoms with Crippen LogP contribution in [0.3, 0.4) is 0 Å². The number of carbonyl (C=O) groups is 2. The number of ether oxygens (including phenoxy) is 1. The number of nitrogens with zero attached hydrogens (tertiary/aromatic N) is 2. The second-order valence-electron chi connectivity index (χ2n) is 5.83. The van der Waals surface area contributed by atoms with Gasteiger partial charge >= 0.3 is 5.97 Å². The van der Waals surface area contributed by atoms with Crippen LogP contribution in [-0.4, -0.2) is 49.8 Å². The highest BCUT2D eigenvalue weighted by Crippen LogP contribution is 2.23. The van der Waals surface area contributed by atoms with Gasteiger partial charge in [0, 0.05) is 20.3 Å². The van der Waals surface area contributed by atoms with E-state index in [2.05, 4.69) is 10.3 Å². The Bertz CT molecular complexity index is 994. The molecule has 2 aromatic rings. The lowest BCUT2D eigenvalue weighted by Gasteiger charge is -2.14. The van der Waals surface area contributed by atoms with E-state index in [4.69, 9.17) is 27.9 Å². The van der Waals surface area contributed by atoms with E-state index in [9.17, 15) is 18.0 Å². The molecule has 1 unspecified atom stereocenters. The number of anilines is 1. The first-order chi connectivity index (χ1) is 13.0. The van der Waals surface area contributed by atoms with E-state index >= 15 is 0 Å². The first kappa shape index (κ1) is 22.1. The highest BCUT2D eigenvalue weighted by atomic mass is 35.5. The van der Waals surface area contributed by atoms with Crippen LogP contribution in [0, 0.1) is 0 Å². The van der Waals surface area contributed by atoms with E-state index in [-0.39, 0.29) is 21.3 Å². The molecule has 2 rings (SSSR count). The van der Waals surface area contributed by atoms with Crippen LogP contribution < -0.4 is 5.32 Å². The van der Waals surface area contributed by atoms with Crippen LogP contribution in [0.2, 0.25) is 10.0 Å². The number of pyridine rings is 1. The van der Waals surface area contributed by atoms with E-state index in [0.29, 0.717) is 5.02 Å². The molecule has 11 heteroatoms. The molecule has 0 aliphatic carbocycles. The lowest BCUT2D eigenvalue weighted by atomic mass is 10.2. The maximum Gasteiger partial charge on any atom is 0.338 e. The average molecular weight is 446 g/mol. The monoisotopic (exact) mass is 445 g/mol. The summed E-state index contributed by atoms with van der Waals surface area (Å²) < 4.78 is 30.2. The van der Waals surface area contributed by atoms with E-state index in [0.717, 1.165) is 4.31 Å². The SMILES string of the molecule is CC(OC(=O)c1ccc(S(=O)(=O)N(C)C)cc1)C(=O)Nc1ncc(Cl)cc1Cl. The van der Waals surface area contributed by atoms with Crippen molar-refractivity contribution in [2.24, 2.45) is 0 Å². The summed E-state index contributed by atoms with van der Waals surface area (Å²) in [4.78, 5) is 28.3. The Hall–Kier alpha value is -2.20. The zero-order valence-electron chi connectivity index (χ0n) is 15.1. The second kappa shape index (κ2) is 8.87. The van der Waals surface area contributed by atoms with Crippen molar-refractivity contribution < 1.29 is 22.7 Å². The molecule has 150 valence electrons. The molecule has 0 saturated heterocycles. The predicted molar refractivity (Wildman–Crippen MR) is 105 cm³/mol. The minimum Gasteiger partial charge on any atom is -0.449 e. The number of amides is 1. The van der Waals surface area contributed by atoms with Gasteiger partial charge in [0.05, 0.1) is 20.5 Å². The van der Waals surface area contributed by atoms with Crippen LogP contribution >= 0.6 is 23.2 Å². The Balaban J connectivity index is 2.04. The van der Waals surface area contributed by atoms with Crippen molar-refractivity contribution in [1.29, 1.82) is 0 Å². The molecule has 0 aliphatic rings. The summed E-state index contributed by atoms with van der Waals surface area (Å²) in [5.74, 6) is -1.35. The molecular formula is C17H17Cl2N3O5S. The highest BCUT2D eigenvalue weighted by Gasteiger charge is 2.22. The Morgan fingerprint density at radius 3 is 2.32 bits per heavy atom. The summed E-state index contributed by atoms with van der Waals surface area (Å²) in [5, 5.41) is 2.88. The van der Waals surface area contributed by atoms with Gasteiger partial charge in [0.15, 0.2) is 11.9 Å². The molecule has 1 amide bonds. The number of carbonyl (C=O) groups excluding carboxylic acids is 2. The number of hydrogen-bond acceptors (Lipinski definition) is 6.